The molecule has 1 unspecified atom stereocenters. The van der Waals surface area contributed by atoms with Crippen LogP contribution in [0.4, 0.5) is 4.39 Å². The number of rotatable bonds is 2. The van der Waals surface area contributed by atoms with Crippen molar-refractivity contribution in [3.8, 4) is 5.75 Å². The maximum absolute atomic E-state index is 13.6. The first-order valence-electron chi connectivity index (χ1n) is 6.34. The zero-order chi connectivity index (χ0) is 14.0. The largest absolute Gasteiger partial charge is 0.507 e. The molecule has 1 aromatic rings. The molecule has 0 saturated carbocycles. The molecule has 1 heterocycles. The highest BCUT2D eigenvalue weighted by atomic mass is 19.1. The van der Waals surface area contributed by atoms with Crippen LogP contribution in [-0.4, -0.2) is 34.8 Å². The van der Waals surface area contributed by atoms with Crippen LogP contribution in [0.3, 0.4) is 0 Å². The van der Waals surface area contributed by atoms with Gasteiger partial charge in [0.25, 0.3) is 5.91 Å². The molecule has 1 aromatic carbocycles. The normalized spacial score (nSPS) is 19.6. The van der Waals surface area contributed by atoms with Crippen LogP contribution in [0.25, 0.3) is 0 Å². The average Bonchev–Trinajstić information content (AvgIpc) is 2.39. The Morgan fingerprint density at radius 3 is 2.89 bits per heavy atom. The van der Waals surface area contributed by atoms with Crippen molar-refractivity contribution in [2.45, 2.75) is 19.8 Å². The van der Waals surface area contributed by atoms with E-state index < -0.39 is 11.7 Å². The van der Waals surface area contributed by atoms with Crippen molar-refractivity contribution in [2.24, 2.45) is 5.92 Å². The molecule has 0 aliphatic carbocycles. The minimum atomic E-state index is -0.741. The second kappa shape index (κ2) is 5.38. The lowest BCUT2D eigenvalue weighted by atomic mass is 9.93. The predicted molar refractivity (Wildman–Crippen MR) is 67.4 cm³/mol. The van der Waals surface area contributed by atoms with Crippen molar-refractivity contribution < 1.29 is 19.1 Å². The zero-order valence-corrected chi connectivity index (χ0v) is 10.7. The van der Waals surface area contributed by atoms with Crippen LogP contribution in [0.1, 0.15) is 30.1 Å². The molecule has 4 nitrogen and oxygen atoms in total. The van der Waals surface area contributed by atoms with E-state index in [2.05, 4.69) is 0 Å². The predicted octanol–water partition coefficient (Wildman–Crippen LogP) is 1.97. The molecule has 0 spiro atoms. The van der Waals surface area contributed by atoms with E-state index in [0.29, 0.717) is 19.4 Å². The summed E-state index contributed by atoms with van der Waals surface area (Å²) in [4.78, 5) is 25.3. The van der Waals surface area contributed by atoms with Crippen molar-refractivity contribution in [3.63, 3.8) is 0 Å². The Hall–Kier alpha value is -1.91. The molecule has 1 saturated heterocycles. The molecule has 102 valence electrons. The second-order valence-electron chi connectivity index (χ2n) is 4.71. The van der Waals surface area contributed by atoms with E-state index in [4.69, 9.17) is 0 Å². The van der Waals surface area contributed by atoms with Crippen molar-refractivity contribution >= 4 is 11.7 Å². The molecule has 1 atom stereocenters. The molecule has 1 N–H and O–H groups in total. The number of hydrogen-bond acceptors (Lipinski definition) is 3. The van der Waals surface area contributed by atoms with Crippen LogP contribution in [0, 0.1) is 11.7 Å². The topological polar surface area (TPSA) is 57.6 Å². The number of phenols is 1. The SMILES string of the molecule is CCC1CN(C(=O)c2c(O)cccc2F)CCC1=O. The molecule has 5 heteroatoms. The van der Waals surface area contributed by atoms with Gasteiger partial charge < -0.3 is 10.0 Å². The number of nitrogens with zero attached hydrogens (tertiary/aromatic N) is 1. The van der Waals surface area contributed by atoms with Gasteiger partial charge in [-0.3, -0.25) is 9.59 Å². The van der Waals surface area contributed by atoms with Gasteiger partial charge in [-0.1, -0.05) is 13.0 Å². The van der Waals surface area contributed by atoms with E-state index in [1.54, 1.807) is 0 Å². The summed E-state index contributed by atoms with van der Waals surface area (Å²) in [5.74, 6) is -1.71. The van der Waals surface area contributed by atoms with E-state index in [9.17, 15) is 19.1 Å². The lowest BCUT2D eigenvalue weighted by Gasteiger charge is -2.31. The van der Waals surface area contributed by atoms with E-state index in [-0.39, 0.29) is 29.6 Å². The molecule has 1 aliphatic heterocycles. The van der Waals surface area contributed by atoms with Gasteiger partial charge in [0, 0.05) is 25.4 Å². The van der Waals surface area contributed by atoms with Gasteiger partial charge in [0.1, 0.15) is 22.9 Å². The molecule has 0 bridgehead atoms. The number of halogens is 1. The zero-order valence-electron chi connectivity index (χ0n) is 10.7. The highest BCUT2D eigenvalue weighted by molar-refractivity contribution is 5.98. The van der Waals surface area contributed by atoms with E-state index >= 15 is 0 Å². The minimum absolute atomic E-state index is 0.143. The highest BCUT2D eigenvalue weighted by Crippen LogP contribution is 2.24. The number of likely N-dealkylation sites (tertiary alicyclic amines) is 1. The Balaban J connectivity index is 2.23. The summed E-state index contributed by atoms with van der Waals surface area (Å²) < 4.78 is 13.6. The summed E-state index contributed by atoms with van der Waals surface area (Å²) >= 11 is 0. The Labute approximate surface area is 110 Å². The Kier molecular flexibility index (Phi) is 3.83. The van der Waals surface area contributed by atoms with Crippen LogP contribution in [-0.2, 0) is 4.79 Å². The van der Waals surface area contributed by atoms with Gasteiger partial charge in [-0.2, -0.15) is 0 Å². The van der Waals surface area contributed by atoms with Crippen molar-refractivity contribution in [1.29, 1.82) is 0 Å². The van der Waals surface area contributed by atoms with Gasteiger partial charge in [-0.05, 0) is 18.6 Å². The number of aromatic hydroxyl groups is 1. The van der Waals surface area contributed by atoms with Gasteiger partial charge >= 0.3 is 0 Å². The number of Topliss-reactive ketones (excluding diaryl/α,β-unsaturated/α-hetero) is 1. The van der Waals surface area contributed by atoms with Crippen molar-refractivity contribution in [1.82, 2.24) is 4.90 Å². The quantitative estimate of drug-likeness (QED) is 0.889. The summed E-state index contributed by atoms with van der Waals surface area (Å²) in [7, 11) is 0. The van der Waals surface area contributed by atoms with Gasteiger partial charge in [0.15, 0.2) is 0 Å². The fraction of sp³-hybridized carbons (Fsp3) is 0.429. The number of benzene rings is 1. The maximum Gasteiger partial charge on any atom is 0.260 e. The van der Waals surface area contributed by atoms with Gasteiger partial charge in [-0.15, -0.1) is 0 Å². The smallest absolute Gasteiger partial charge is 0.260 e. The number of piperidine rings is 1. The molecule has 1 aliphatic rings. The first kappa shape index (κ1) is 13.5. The first-order chi connectivity index (χ1) is 9.04. The van der Waals surface area contributed by atoms with Crippen molar-refractivity contribution in [2.75, 3.05) is 13.1 Å². The van der Waals surface area contributed by atoms with Crippen LogP contribution in [0.5, 0.6) is 5.75 Å². The second-order valence-corrected chi connectivity index (χ2v) is 4.71. The number of phenolic OH excluding ortho intramolecular Hbond substituents is 1. The average molecular weight is 265 g/mol. The molecule has 1 fully saturated rings. The van der Waals surface area contributed by atoms with Gasteiger partial charge in [0.05, 0.1) is 0 Å². The summed E-state index contributed by atoms with van der Waals surface area (Å²) in [5, 5.41) is 9.61. The Morgan fingerprint density at radius 2 is 2.26 bits per heavy atom. The fourth-order valence-corrected chi connectivity index (χ4v) is 2.33. The van der Waals surface area contributed by atoms with Crippen LogP contribution in [0.15, 0.2) is 18.2 Å². The monoisotopic (exact) mass is 265 g/mol. The fourth-order valence-electron chi connectivity index (χ4n) is 2.33. The highest BCUT2D eigenvalue weighted by Gasteiger charge is 2.31. The summed E-state index contributed by atoms with van der Waals surface area (Å²) in [6.45, 7) is 2.46. The molecular weight excluding hydrogens is 249 g/mol. The van der Waals surface area contributed by atoms with Crippen LogP contribution >= 0.6 is 0 Å². The van der Waals surface area contributed by atoms with E-state index in [1.807, 2.05) is 6.92 Å². The number of hydrogen-bond donors (Lipinski definition) is 1. The molecule has 19 heavy (non-hydrogen) atoms. The minimum Gasteiger partial charge on any atom is -0.507 e. The number of amides is 1. The third-order valence-corrected chi connectivity index (χ3v) is 3.51. The number of ketones is 1. The molecule has 1 amide bonds. The molecule has 0 aromatic heterocycles. The van der Waals surface area contributed by atoms with E-state index in [1.165, 1.54) is 17.0 Å². The summed E-state index contributed by atoms with van der Waals surface area (Å²) in [5.41, 5.74) is -0.313. The summed E-state index contributed by atoms with van der Waals surface area (Å²) in [6.07, 6.45) is 0.950. The maximum atomic E-state index is 13.6. The third-order valence-electron chi connectivity index (χ3n) is 3.51. The molecular formula is C14H16FNO3. The lowest BCUT2D eigenvalue weighted by molar-refractivity contribution is -0.125. The van der Waals surface area contributed by atoms with Crippen LogP contribution < -0.4 is 0 Å². The molecule has 2 rings (SSSR count). The number of carbonyl (C=O) groups excluding carboxylic acids is 2. The van der Waals surface area contributed by atoms with Gasteiger partial charge in [0.2, 0.25) is 0 Å². The van der Waals surface area contributed by atoms with E-state index in [0.717, 1.165) is 6.07 Å². The summed E-state index contributed by atoms with van der Waals surface area (Å²) in [6, 6.07) is 3.76. The number of carbonyl (C=O) groups is 2. The molecule has 0 radical (unpaired) electrons. The standard InChI is InChI=1S/C14H16FNO3/c1-2-9-8-16(7-6-11(9)17)14(19)13-10(15)4-3-5-12(13)18/h3-5,9,18H,2,6-8H2,1H3. The third kappa shape index (κ3) is 2.59. The Morgan fingerprint density at radius 1 is 1.53 bits per heavy atom. The first-order valence-corrected chi connectivity index (χ1v) is 6.34. The lowest BCUT2D eigenvalue weighted by Crippen LogP contribution is -2.44. The van der Waals surface area contributed by atoms with Crippen molar-refractivity contribution in [3.05, 3.63) is 29.6 Å². The Bertz CT molecular complexity index is 495. The van der Waals surface area contributed by atoms with Crippen LogP contribution in [0.2, 0.25) is 0 Å². The van der Waals surface area contributed by atoms with Gasteiger partial charge in [-0.25, -0.2) is 4.39 Å².